The number of amides is 1. The summed E-state index contributed by atoms with van der Waals surface area (Å²) in [7, 11) is 0. The first-order chi connectivity index (χ1) is 12.3. The van der Waals surface area contributed by atoms with Crippen molar-refractivity contribution >= 4 is 17.3 Å². The first-order valence-corrected chi connectivity index (χ1v) is 8.61. The number of hydrogen-bond donors (Lipinski definition) is 1. The van der Waals surface area contributed by atoms with E-state index in [9.17, 15) is 4.79 Å². The molecule has 4 rings (SSSR count). The van der Waals surface area contributed by atoms with Crippen LogP contribution in [0.5, 0.6) is 0 Å². The number of para-hydroxylation sites is 1. The second kappa shape index (κ2) is 6.44. The summed E-state index contributed by atoms with van der Waals surface area (Å²) < 4.78 is 0. The molecule has 124 valence electrons. The van der Waals surface area contributed by atoms with Crippen molar-refractivity contribution in [2.45, 2.75) is 19.5 Å². The van der Waals surface area contributed by atoms with Crippen LogP contribution in [0.4, 0.5) is 11.4 Å². The average Bonchev–Trinajstić information content (AvgIpc) is 2.69. The van der Waals surface area contributed by atoms with E-state index in [0.717, 1.165) is 23.4 Å². The molecule has 1 atom stereocenters. The fourth-order valence-electron chi connectivity index (χ4n) is 3.28. The number of nitrogens with one attached hydrogen (secondary N) is 1. The fraction of sp³-hybridized carbons (Fsp3) is 0.136. The zero-order valence-electron chi connectivity index (χ0n) is 14.1. The Morgan fingerprint density at radius 3 is 2.28 bits per heavy atom. The van der Waals surface area contributed by atoms with Crippen molar-refractivity contribution in [1.82, 2.24) is 0 Å². The highest BCUT2D eigenvalue weighted by Gasteiger charge is 2.33. The molecule has 0 spiro atoms. The fourth-order valence-corrected chi connectivity index (χ4v) is 3.28. The van der Waals surface area contributed by atoms with Crippen LogP contribution < -0.4 is 10.2 Å². The van der Waals surface area contributed by atoms with Crippen LogP contribution in [0.1, 0.15) is 34.6 Å². The predicted molar refractivity (Wildman–Crippen MR) is 102 cm³/mol. The molecule has 0 unspecified atom stereocenters. The molecule has 1 heterocycles. The Bertz CT molecular complexity index is 887. The summed E-state index contributed by atoms with van der Waals surface area (Å²) >= 11 is 0. The molecular weight excluding hydrogens is 308 g/mol. The van der Waals surface area contributed by atoms with Gasteiger partial charge in [-0.25, -0.2) is 0 Å². The number of benzene rings is 3. The van der Waals surface area contributed by atoms with Crippen LogP contribution >= 0.6 is 0 Å². The van der Waals surface area contributed by atoms with E-state index in [1.807, 2.05) is 71.6 Å². The highest BCUT2D eigenvalue weighted by atomic mass is 16.2. The third kappa shape index (κ3) is 2.78. The van der Waals surface area contributed by atoms with Crippen molar-refractivity contribution < 1.29 is 4.79 Å². The maximum atomic E-state index is 13.2. The minimum absolute atomic E-state index is 0.0208. The second-order valence-electron chi connectivity index (χ2n) is 6.20. The van der Waals surface area contributed by atoms with E-state index in [1.54, 1.807) is 0 Å². The maximum absolute atomic E-state index is 13.2. The molecule has 3 nitrogen and oxygen atoms in total. The molecular formula is C22H20N2O. The van der Waals surface area contributed by atoms with Gasteiger partial charge in [-0.05, 0) is 41.8 Å². The third-order valence-corrected chi connectivity index (χ3v) is 4.66. The summed E-state index contributed by atoms with van der Waals surface area (Å²) in [5, 5.41) is 3.53. The summed E-state index contributed by atoms with van der Waals surface area (Å²) in [4.78, 5) is 15.1. The monoisotopic (exact) mass is 328 g/mol. The van der Waals surface area contributed by atoms with E-state index in [-0.39, 0.29) is 12.1 Å². The van der Waals surface area contributed by atoms with Gasteiger partial charge in [-0.15, -0.1) is 0 Å². The number of hydrogen-bond acceptors (Lipinski definition) is 2. The van der Waals surface area contributed by atoms with Crippen molar-refractivity contribution in [1.29, 1.82) is 0 Å². The molecule has 0 saturated heterocycles. The summed E-state index contributed by atoms with van der Waals surface area (Å²) in [6.45, 7) is 2.13. The first kappa shape index (κ1) is 15.5. The van der Waals surface area contributed by atoms with E-state index in [0.29, 0.717) is 5.56 Å². The molecule has 25 heavy (non-hydrogen) atoms. The van der Waals surface area contributed by atoms with Crippen molar-refractivity contribution in [3.05, 3.63) is 95.6 Å². The van der Waals surface area contributed by atoms with Gasteiger partial charge in [0.05, 0.1) is 5.56 Å². The summed E-state index contributed by atoms with van der Waals surface area (Å²) in [6.07, 6.45) is 0.758. The standard InChI is InChI=1S/C22H20N2O/c1-2-16-12-14-18(15-13-16)24-21(17-8-4-3-5-9-17)23-20-11-7-6-10-19(20)22(24)25/h3-15,21,23H,2H2,1H3/t21-/m1/s1. The normalized spacial score (nSPS) is 16.3. The minimum atomic E-state index is -0.226. The lowest BCUT2D eigenvalue weighted by Gasteiger charge is -2.38. The lowest BCUT2D eigenvalue weighted by molar-refractivity contribution is 0.0975. The average molecular weight is 328 g/mol. The quantitative estimate of drug-likeness (QED) is 0.732. The van der Waals surface area contributed by atoms with Crippen LogP contribution in [0, 0.1) is 0 Å². The van der Waals surface area contributed by atoms with E-state index in [1.165, 1.54) is 5.56 Å². The Hall–Kier alpha value is -3.07. The van der Waals surface area contributed by atoms with Gasteiger partial charge in [0.15, 0.2) is 0 Å². The van der Waals surface area contributed by atoms with Gasteiger partial charge in [-0.3, -0.25) is 9.69 Å². The number of rotatable bonds is 3. The van der Waals surface area contributed by atoms with Gasteiger partial charge in [0.1, 0.15) is 6.17 Å². The molecule has 0 aromatic heterocycles. The molecule has 0 radical (unpaired) electrons. The molecule has 1 aliphatic rings. The van der Waals surface area contributed by atoms with Gasteiger partial charge in [0.25, 0.3) is 5.91 Å². The topological polar surface area (TPSA) is 32.3 Å². The van der Waals surface area contributed by atoms with E-state index < -0.39 is 0 Å². The molecule has 0 bridgehead atoms. The molecule has 1 amide bonds. The van der Waals surface area contributed by atoms with Gasteiger partial charge < -0.3 is 5.32 Å². The van der Waals surface area contributed by atoms with Gasteiger partial charge in [-0.2, -0.15) is 0 Å². The predicted octanol–water partition coefficient (Wildman–Crippen LogP) is 5.02. The van der Waals surface area contributed by atoms with Crippen LogP contribution in [0.25, 0.3) is 0 Å². The van der Waals surface area contributed by atoms with E-state index >= 15 is 0 Å². The Balaban J connectivity index is 1.83. The van der Waals surface area contributed by atoms with Crippen LogP contribution in [-0.2, 0) is 6.42 Å². The molecule has 3 heteroatoms. The molecule has 3 aromatic rings. The summed E-state index contributed by atoms with van der Waals surface area (Å²) in [5.74, 6) is 0.0208. The number of anilines is 2. The van der Waals surface area contributed by atoms with Crippen molar-refractivity contribution in [2.75, 3.05) is 10.2 Å². The Kier molecular flexibility index (Phi) is 3.98. The third-order valence-electron chi connectivity index (χ3n) is 4.66. The largest absolute Gasteiger partial charge is 0.360 e. The smallest absolute Gasteiger partial charge is 0.262 e. The highest BCUT2D eigenvalue weighted by Crippen LogP contribution is 2.36. The zero-order chi connectivity index (χ0) is 17.2. The number of nitrogens with zero attached hydrogens (tertiary/aromatic N) is 1. The lowest BCUT2D eigenvalue weighted by atomic mass is 10.0. The van der Waals surface area contributed by atoms with Gasteiger partial charge in [0.2, 0.25) is 0 Å². The van der Waals surface area contributed by atoms with E-state index in [4.69, 9.17) is 0 Å². The number of carbonyl (C=O) groups excluding carboxylic acids is 1. The molecule has 0 saturated carbocycles. The van der Waals surface area contributed by atoms with Crippen LogP contribution in [-0.4, -0.2) is 5.91 Å². The Labute approximate surface area is 147 Å². The lowest BCUT2D eigenvalue weighted by Crippen LogP contribution is -2.43. The second-order valence-corrected chi connectivity index (χ2v) is 6.20. The Morgan fingerprint density at radius 2 is 1.56 bits per heavy atom. The first-order valence-electron chi connectivity index (χ1n) is 8.61. The summed E-state index contributed by atoms with van der Waals surface area (Å²) in [5.41, 5.74) is 4.80. The number of carbonyl (C=O) groups is 1. The molecule has 1 N–H and O–H groups in total. The SMILES string of the molecule is CCc1ccc(N2C(=O)c3ccccc3N[C@H]2c2ccccc2)cc1. The van der Waals surface area contributed by atoms with Gasteiger partial charge in [0, 0.05) is 11.4 Å². The molecule has 0 aliphatic carbocycles. The van der Waals surface area contributed by atoms with E-state index in [2.05, 4.69) is 24.4 Å². The van der Waals surface area contributed by atoms with Crippen LogP contribution in [0.3, 0.4) is 0 Å². The summed E-state index contributed by atoms with van der Waals surface area (Å²) in [6, 6.07) is 26.0. The molecule has 3 aromatic carbocycles. The van der Waals surface area contributed by atoms with Crippen LogP contribution in [0.15, 0.2) is 78.9 Å². The maximum Gasteiger partial charge on any atom is 0.262 e. The van der Waals surface area contributed by atoms with Crippen molar-refractivity contribution in [3.8, 4) is 0 Å². The number of fused-ring (bicyclic) bond motifs is 1. The van der Waals surface area contributed by atoms with Crippen molar-refractivity contribution in [3.63, 3.8) is 0 Å². The van der Waals surface area contributed by atoms with Gasteiger partial charge in [-0.1, -0.05) is 61.5 Å². The van der Waals surface area contributed by atoms with Crippen LogP contribution in [0.2, 0.25) is 0 Å². The number of aryl methyl sites for hydroxylation is 1. The Morgan fingerprint density at radius 1 is 0.880 bits per heavy atom. The zero-order valence-corrected chi connectivity index (χ0v) is 14.1. The van der Waals surface area contributed by atoms with Crippen molar-refractivity contribution in [2.24, 2.45) is 0 Å². The molecule has 1 aliphatic heterocycles. The van der Waals surface area contributed by atoms with Gasteiger partial charge >= 0.3 is 0 Å². The highest BCUT2D eigenvalue weighted by molar-refractivity contribution is 6.12. The molecule has 0 fully saturated rings. The minimum Gasteiger partial charge on any atom is -0.360 e.